The Morgan fingerprint density at radius 3 is 2.79 bits per heavy atom. The first kappa shape index (κ1) is 15.6. The Balaban J connectivity index is 2.56. The number of nitro benzene ring substituents is 1. The van der Waals surface area contributed by atoms with Gasteiger partial charge in [0.2, 0.25) is 5.91 Å². The molecular weight excluding hydrogens is 312 g/mol. The van der Waals surface area contributed by atoms with E-state index in [1.807, 2.05) is 0 Å². The molecule has 0 saturated carbocycles. The van der Waals surface area contributed by atoms with Crippen LogP contribution in [0.1, 0.15) is 30.4 Å². The molecule has 0 saturated heterocycles. The fourth-order valence-corrected chi connectivity index (χ4v) is 2.12. The molecule has 1 aromatic rings. The predicted octanol–water partition coefficient (Wildman–Crippen LogP) is 3.08. The standard InChI is InChI=1S/C13H17BrN2O3/c1-10-11(5-4-6-12(10)16(18)19)9-15-13(17)7-2-3-8-14/h4-6H,2-3,7-9H2,1H3,(H,15,17). The number of amides is 1. The Labute approximate surface area is 120 Å². The summed E-state index contributed by atoms with van der Waals surface area (Å²) in [4.78, 5) is 22.0. The number of unbranched alkanes of at least 4 members (excludes halogenated alkanes) is 1. The molecule has 1 aromatic carbocycles. The maximum atomic E-state index is 11.6. The van der Waals surface area contributed by atoms with Crippen LogP contribution in [0.3, 0.4) is 0 Å². The lowest BCUT2D eigenvalue weighted by molar-refractivity contribution is -0.385. The molecule has 0 aliphatic carbocycles. The van der Waals surface area contributed by atoms with Crippen LogP contribution < -0.4 is 5.32 Å². The molecule has 0 unspecified atom stereocenters. The summed E-state index contributed by atoms with van der Waals surface area (Å²) in [5.41, 5.74) is 1.47. The predicted molar refractivity (Wildman–Crippen MR) is 77.3 cm³/mol. The van der Waals surface area contributed by atoms with E-state index in [-0.39, 0.29) is 11.6 Å². The van der Waals surface area contributed by atoms with Crippen LogP contribution in [0.15, 0.2) is 18.2 Å². The van der Waals surface area contributed by atoms with Crippen molar-refractivity contribution in [1.82, 2.24) is 5.32 Å². The summed E-state index contributed by atoms with van der Waals surface area (Å²) >= 11 is 3.31. The lowest BCUT2D eigenvalue weighted by atomic mass is 10.1. The van der Waals surface area contributed by atoms with Crippen molar-refractivity contribution in [3.05, 3.63) is 39.4 Å². The number of nitrogens with one attached hydrogen (secondary N) is 1. The van der Waals surface area contributed by atoms with Crippen molar-refractivity contribution in [2.45, 2.75) is 32.7 Å². The average molecular weight is 329 g/mol. The van der Waals surface area contributed by atoms with Crippen LogP contribution in [0.25, 0.3) is 0 Å². The Hall–Kier alpha value is -1.43. The molecule has 6 heteroatoms. The van der Waals surface area contributed by atoms with Crippen molar-refractivity contribution >= 4 is 27.5 Å². The molecule has 5 nitrogen and oxygen atoms in total. The van der Waals surface area contributed by atoms with E-state index in [2.05, 4.69) is 21.2 Å². The Morgan fingerprint density at radius 1 is 1.42 bits per heavy atom. The molecule has 1 rings (SSSR count). The summed E-state index contributed by atoms with van der Waals surface area (Å²) < 4.78 is 0. The van der Waals surface area contributed by atoms with E-state index in [9.17, 15) is 14.9 Å². The van der Waals surface area contributed by atoms with Crippen LogP contribution in [-0.2, 0) is 11.3 Å². The molecule has 1 N–H and O–H groups in total. The molecular formula is C13H17BrN2O3. The van der Waals surface area contributed by atoms with Crippen LogP contribution >= 0.6 is 15.9 Å². The first-order chi connectivity index (χ1) is 9.06. The third-order valence-electron chi connectivity index (χ3n) is 2.88. The summed E-state index contributed by atoms with van der Waals surface area (Å²) in [6.45, 7) is 2.03. The van der Waals surface area contributed by atoms with Crippen LogP contribution in [0, 0.1) is 17.0 Å². The SMILES string of the molecule is Cc1c(CNC(=O)CCCCBr)cccc1[N+](=O)[O-]. The summed E-state index contributed by atoms with van der Waals surface area (Å²) in [5, 5.41) is 14.5. The molecule has 1 amide bonds. The fraction of sp³-hybridized carbons (Fsp3) is 0.462. The molecule has 0 spiro atoms. The largest absolute Gasteiger partial charge is 0.352 e. The zero-order valence-electron chi connectivity index (χ0n) is 10.8. The number of halogens is 1. The highest BCUT2D eigenvalue weighted by Crippen LogP contribution is 2.20. The van der Waals surface area contributed by atoms with Crippen molar-refractivity contribution in [3.63, 3.8) is 0 Å². The lowest BCUT2D eigenvalue weighted by Crippen LogP contribution is -2.22. The number of hydrogen-bond donors (Lipinski definition) is 1. The third kappa shape index (κ3) is 4.98. The molecule has 0 bridgehead atoms. The molecule has 19 heavy (non-hydrogen) atoms. The number of carbonyl (C=O) groups is 1. The van der Waals surface area contributed by atoms with Gasteiger partial charge in [0.15, 0.2) is 0 Å². The van der Waals surface area contributed by atoms with Gasteiger partial charge < -0.3 is 5.32 Å². The number of carbonyl (C=O) groups excluding carboxylic acids is 1. The van der Waals surface area contributed by atoms with Gasteiger partial charge in [0.05, 0.1) is 4.92 Å². The van der Waals surface area contributed by atoms with Crippen molar-refractivity contribution in [3.8, 4) is 0 Å². The molecule has 0 atom stereocenters. The van der Waals surface area contributed by atoms with Gasteiger partial charge in [-0.2, -0.15) is 0 Å². The number of alkyl halides is 1. The number of nitro groups is 1. The topological polar surface area (TPSA) is 72.2 Å². The Kier molecular flexibility index (Phi) is 6.49. The summed E-state index contributed by atoms with van der Waals surface area (Å²) in [7, 11) is 0. The molecule has 0 aliphatic heterocycles. The van der Waals surface area contributed by atoms with Crippen LogP contribution in [-0.4, -0.2) is 16.2 Å². The van der Waals surface area contributed by atoms with Gasteiger partial charge in [0.1, 0.15) is 0 Å². The van der Waals surface area contributed by atoms with E-state index >= 15 is 0 Å². The van der Waals surface area contributed by atoms with Crippen molar-refractivity contribution in [2.24, 2.45) is 0 Å². The summed E-state index contributed by atoms with van der Waals surface area (Å²) in [6.07, 6.45) is 2.29. The van der Waals surface area contributed by atoms with Crippen LogP contribution in [0.2, 0.25) is 0 Å². The van der Waals surface area contributed by atoms with E-state index in [0.29, 0.717) is 18.5 Å². The van der Waals surface area contributed by atoms with Gasteiger partial charge in [0.25, 0.3) is 5.69 Å². The molecule has 0 radical (unpaired) electrons. The second kappa shape index (κ2) is 7.89. The Bertz CT molecular complexity index is 463. The summed E-state index contributed by atoms with van der Waals surface area (Å²) in [6, 6.07) is 4.90. The molecule has 0 aromatic heterocycles. The minimum absolute atomic E-state index is 0.0214. The first-order valence-corrected chi connectivity index (χ1v) is 7.24. The van der Waals surface area contributed by atoms with Gasteiger partial charge in [-0.15, -0.1) is 0 Å². The Morgan fingerprint density at radius 2 is 2.16 bits per heavy atom. The number of benzene rings is 1. The van der Waals surface area contributed by atoms with Gasteiger partial charge in [-0.25, -0.2) is 0 Å². The maximum absolute atomic E-state index is 11.6. The van der Waals surface area contributed by atoms with Gasteiger partial charge >= 0.3 is 0 Å². The quantitative estimate of drug-likeness (QED) is 0.362. The zero-order chi connectivity index (χ0) is 14.3. The fourth-order valence-electron chi connectivity index (χ4n) is 1.72. The molecule has 0 aliphatic rings. The number of rotatable bonds is 7. The van der Waals surface area contributed by atoms with E-state index < -0.39 is 4.92 Å². The van der Waals surface area contributed by atoms with Gasteiger partial charge in [-0.3, -0.25) is 14.9 Å². The lowest BCUT2D eigenvalue weighted by Gasteiger charge is -2.08. The monoisotopic (exact) mass is 328 g/mol. The molecule has 0 heterocycles. The van der Waals surface area contributed by atoms with E-state index in [4.69, 9.17) is 0 Å². The minimum atomic E-state index is -0.406. The second-order valence-electron chi connectivity index (χ2n) is 4.24. The average Bonchev–Trinajstić information content (AvgIpc) is 2.37. The zero-order valence-corrected chi connectivity index (χ0v) is 12.4. The van der Waals surface area contributed by atoms with E-state index in [0.717, 1.165) is 23.7 Å². The van der Waals surface area contributed by atoms with E-state index in [1.165, 1.54) is 6.07 Å². The van der Waals surface area contributed by atoms with Crippen molar-refractivity contribution < 1.29 is 9.72 Å². The normalized spacial score (nSPS) is 10.2. The molecule has 104 valence electrons. The second-order valence-corrected chi connectivity index (χ2v) is 5.03. The molecule has 0 fully saturated rings. The number of hydrogen-bond acceptors (Lipinski definition) is 3. The van der Waals surface area contributed by atoms with Gasteiger partial charge in [-0.05, 0) is 25.3 Å². The van der Waals surface area contributed by atoms with Gasteiger partial charge in [0, 0.05) is 29.9 Å². The smallest absolute Gasteiger partial charge is 0.272 e. The highest BCUT2D eigenvalue weighted by molar-refractivity contribution is 9.09. The first-order valence-electron chi connectivity index (χ1n) is 6.11. The van der Waals surface area contributed by atoms with Crippen LogP contribution in [0.4, 0.5) is 5.69 Å². The minimum Gasteiger partial charge on any atom is -0.352 e. The maximum Gasteiger partial charge on any atom is 0.272 e. The van der Waals surface area contributed by atoms with E-state index in [1.54, 1.807) is 19.1 Å². The third-order valence-corrected chi connectivity index (χ3v) is 3.44. The summed E-state index contributed by atoms with van der Waals surface area (Å²) in [5.74, 6) is -0.0214. The van der Waals surface area contributed by atoms with Crippen molar-refractivity contribution in [1.29, 1.82) is 0 Å². The highest BCUT2D eigenvalue weighted by atomic mass is 79.9. The van der Waals surface area contributed by atoms with Crippen molar-refractivity contribution in [2.75, 3.05) is 5.33 Å². The van der Waals surface area contributed by atoms with Gasteiger partial charge in [-0.1, -0.05) is 28.1 Å². The highest BCUT2D eigenvalue weighted by Gasteiger charge is 2.13. The number of nitrogens with zero attached hydrogens (tertiary/aromatic N) is 1. The van der Waals surface area contributed by atoms with Crippen LogP contribution in [0.5, 0.6) is 0 Å².